The number of nitrogens with zero attached hydrogens (tertiary/aromatic N) is 1. The molecule has 0 bridgehead atoms. The normalized spacial score (nSPS) is 24.0. The molecule has 0 saturated heterocycles. The summed E-state index contributed by atoms with van der Waals surface area (Å²) < 4.78 is 5.49. The Balaban J connectivity index is 1.67. The maximum atomic E-state index is 13.3. The van der Waals surface area contributed by atoms with E-state index in [1.54, 1.807) is 24.0 Å². The largest absolute Gasteiger partial charge is 0.437 e. The van der Waals surface area contributed by atoms with Gasteiger partial charge in [0.25, 0.3) is 0 Å². The lowest BCUT2D eigenvalue weighted by Crippen LogP contribution is -2.48. The van der Waals surface area contributed by atoms with E-state index < -0.39 is 6.23 Å². The fourth-order valence-corrected chi connectivity index (χ4v) is 5.21. The van der Waals surface area contributed by atoms with Gasteiger partial charge in [-0.3, -0.25) is 14.5 Å². The smallest absolute Gasteiger partial charge is 0.352 e. The number of hydrogen-bond donors (Lipinski definition) is 0. The van der Waals surface area contributed by atoms with Crippen LogP contribution in [0.25, 0.3) is 10.4 Å². The minimum atomic E-state index is -0.607. The number of Topliss-reactive ketones (excluding diaryl/α,β-unsaturated/α-hetero) is 1. The van der Waals surface area contributed by atoms with Crippen molar-refractivity contribution in [3.63, 3.8) is 0 Å². The molecule has 1 atom stereocenters. The van der Waals surface area contributed by atoms with Crippen molar-refractivity contribution in [2.75, 3.05) is 4.90 Å². The van der Waals surface area contributed by atoms with Gasteiger partial charge < -0.3 is 4.74 Å². The predicted octanol–water partition coefficient (Wildman–Crippen LogP) is 5.29. The molecule has 0 radical (unpaired) electrons. The summed E-state index contributed by atoms with van der Waals surface area (Å²) >= 11 is 1.33. The number of benzene rings is 1. The molecule has 0 N–H and O–H groups in total. The Morgan fingerprint density at radius 2 is 1.72 bits per heavy atom. The second kappa shape index (κ2) is 7.75. The molecule has 1 aliphatic carbocycles. The molecule has 5 nitrogen and oxygen atoms in total. The summed E-state index contributed by atoms with van der Waals surface area (Å²) in [7, 11) is 0. The Labute approximate surface area is 174 Å². The van der Waals surface area contributed by atoms with Gasteiger partial charge >= 0.3 is 5.97 Å². The van der Waals surface area contributed by atoms with Crippen molar-refractivity contribution in [3.05, 3.63) is 40.8 Å². The van der Waals surface area contributed by atoms with E-state index in [-0.39, 0.29) is 23.6 Å². The molecule has 0 spiro atoms. The monoisotopic (exact) mass is 411 g/mol. The molecular formula is C23H25NO4S. The fraction of sp³-hybridized carbons (Fsp3) is 0.435. The summed E-state index contributed by atoms with van der Waals surface area (Å²) in [6.45, 7) is 5.52. The van der Waals surface area contributed by atoms with Crippen molar-refractivity contribution >= 4 is 34.7 Å². The summed E-state index contributed by atoms with van der Waals surface area (Å²) in [5, 5.41) is 0. The van der Waals surface area contributed by atoms with Gasteiger partial charge in [-0.25, -0.2) is 4.79 Å². The number of thiophene rings is 1. The van der Waals surface area contributed by atoms with Crippen LogP contribution < -0.4 is 4.90 Å². The highest BCUT2D eigenvalue weighted by atomic mass is 32.1. The number of carbonyl (C=O) groups excluding carboxylic acids is 3. The van der Waals surface area contributed by atoms with Crippen LogP contribution in [0.1, 0.15) is 66.5 Å². The number of cyclic esters (lactones) is 1. The molecular weight excluding hydrogens is 386 g/mol. The highest BCUT2D eigenvalue weighted by Crippen LogP contribution is 2.42. The van der Waals surface area contributed by atoms with Crippen molar-refractivity contribution in [2.45, 2.75) is 52.7 Å². The lowest BCUT2D eigenvalue weighted by Gasteiger charge is -2.36. The molecule has 2 heterocycles. The Morgan fingerprint density at radius 1 is 1.07 bits per heavy atom. The minimum absolute atomic E-state index is 0.0120. The number of amides is 1. The van der Waals surface area contributed by atoms with Crippen molar-refractivity contribution in [3.8, 4) is 10.4 Å². The summed E-state index contributed by atoms with van der Waals surface area (Å²) in [6, 6.07) is 9.21. The number of ketones is 1. The second-order valence-corrected chi connectivity index (χ2v) is 9.18. The molecule has 2 aliphatic rings. The average molecular weight is 412 g/mol. The molecule has 152 valence electrons. The van der Waals surface area contributed by atoms with Gasteiger partial charge in [0.05, 0.1) is 5.69 Å². The van der Waals surface area contributed by atoms with Crippen LogP contribution in [0.2, 0.25) is 0 Å². The average Bonchev–Trinajstić information content (AvgIpc) is 3.14. The van der Waals surface area contributed by atoms with Gasteiger partial charge in [0.15, 0.2) is 12.0 Å². The summed E-state index contributed by atoms with van der Waals surface area (Å²) in [6.07, 6.45) is 3.28. The maximum absolute atomic E-state index is 13.3. The topological polar surface area (TPSA) is 63.7 Å². The Morgan fingerprint density at radius 3 is 2.34 bits per heavy atom. The first-order valence-electron chi connectivity index (χ1n) is 10.1. The van der Waals surface area contributed by atoms with E-state index in [0.29, 0.717) is 22.0 Å². The van der Waals surface area contributed by atoms with Crippen LogP contribution >= 0.6 is 11.3 Å². The van der Waals surface area contributed by atoms with E-state index in [1.807, 2.05) is 18.2 Å². The van der Waals surface area contributed by atoms with Gasteiger partial charge in [0.1, 0.15) is 4.88 Å². The zero-order chi connectivity index (χ0) is 20.7. The van der Waals surface area contributed by atoms with Gasteiger partial charge in [-0.2, -0.15) is 0 Å². The first-order valence-corrected chi connectivity index (χ1v) is 11.0. The van der Waals surface area contributed by atoms with Crippen LogP contribution in [0, 0.1) is 11.8 Å². The van der Waals surface area contributed by atoms with E-state index in [1.165, 1.54) is 18.3 Å². The van der Waals surface area contributed by atoms with Gasteiger partial charge in [-0.1, -0.05) is 31.2 Å². The highest BCUT2D eigenvalue weighted by Gasteiger charge is 2.39. The molecule has 1 aromatic carbocycles. The minimum Gasteiger partial charge on any atom is -0.437 e. The summed E-state index contributed by atoms with van der Waals surface area (Å²) in [5.74, 6) is 0.325. The van der Waals surface area contributed by atoms with Crippen molar-refractivity contribution in [1.29, 1.82) is 0 Å². The highest BCUT2D eigenvalue weighted by molar-refractivity contribution is 7.18. The molecule has 2 aromatic rings. The molecule has 1 aromatic heterocycles. The van der Waals surface area contributed by atoms with Gasteiger partial charge in [-0.15, -0.1) is 11.3 Å². The molecule has 29 heavy (non-hydrogen) atoms. The van der Waals surface area contributed by atoms with Crippen LogP contribution in [0.4, 0.5) is 5.69 Å². The number of anilines is 1. The third-order valence-corrected chi connectivity index (χ3v) is 7.13. The van der Waals surface area contributed by atoms with Gasteiger partial charge in [0, 0.05) is 16.4 Å². The van der Waals surface area contributed by atoms with Crippen LogP contribution in [0.3, 0.4) is 0 Å². The second-order valence-electron chi connectivity index (χ2n) is 8.13. The van der Waals surface area contributed by atoms with Crippen molar-refractivity contribution < 1.29 is 19.1 Å². The maximum Gasteiger partial charge on any atom is 0.352 e. The van der Waals surface area contributed by atoms with E-state index in [9.17, 15) is 14.4 Å². The van der Waals surface area contributed by atoms with Crippen LogP contribution in [-0.2, 0) is 9.53 Å². The number of rotatable bonds is 3. The molecule has 1 saturated carbocycles. The van der Waals surface area contributed by atoms with Crippen molar-refractivity contribution in [1.82, 2.24) is 0 Å². The molecule has 6 heteroatoms. The molecule has 1 aliphatic heterocycles. The van der Waals surface area contributed by atoms with Crippen LogP contribution in [0.5, 0.6) is 0 Å². The number of hydrogen-bond acceptors (Lipinski definition) is 5. The molecule has 1 amide bonds. The van der Waals surface area contributed by atoms with E-state index in [4.69, 9.17) is 4.74 Å². The van der Waals surface area contributed by atoms with Crippen LogP contribution in [0.15, 0.2) is 30.3 Å². The standard InChI is InChI=1S/C23H25NO4S/c1-13-4-6-18(7-5-13)22(26)24-15(3)28-23(27)21-19(24)12-20(29-21)17-10-8-16(9-11-17)14(2)25/h8-13,15,18H,4-7H2,1-3H3. The lowest BCUT2D eigenvalue weighted by molar-refractivity contribution is -0.125. The van der Waals surface area contributed by atoms with Crippen LogP contribution in [-0.4, -0.2) is 23.9 Å². The Kier molecular flexibility index (Phi) is 5.30. The third kappa shape index (κ3) is 3.73. The molecule has 1 unspecified atom stereocenters. The molecule has 4 rings (SSSR count). The van der Waals surface area contributed by atoms with Gasteiger partial charge in [-0.05, 0) is 57.1 Å². The zero-order valence-electron chi connectivity index (χ0n) is 16.9. The number of ether oxygens (including phenoxy) is 1. The SMILES string of the molecule is CC(=O)c1ccc(-c2cc3c(s2)C(=O)OC(C)N3C(=O)C2CCC(C)CC2)cc1. The predicted molar refractivity (Wildman–Crippen MR) is 113 cm³/mol. The quantitative estimate of drug-likeness (QED) is 0.508. The molecule has 1 fully saturated rings. The summed E-state index contributed by atoms with van der Waals surface area (Å²) in [4.78, 5) is 40.3. The number of carbonyl (C=O) groups is 3. The zero-order valence-corrected chi connectivity index (χ0v) is 17.8. The van der Waals surface area contributed by atoms with E-state index in [0.717, 1.165) is 36.1 Å². The Bertz CT molecular complexity index is 954. The first-order chi connectivity index (χ1) is 13.8. The fourth-order valence-electron chi connectivity index (χ4n) is 4.18. The first kappa shape index (κ1) is 19.8. The Hall–Kier alpha value is -2.47. The van der Waals surface area contributed by atoms with Gasteiger partial charge in [0.2, 0.25) is 5.91 Å². The lowest BCUT2D eigenvalue weighted by atomic mass is 9.82. The van der Waals surface area contributed by atoms with E-state index in [2.05, 4.69) is 6.92 Å². The van der Waals surface area contributed by atoms with E-state index >= 15 is 0 Å². The number of esters is 1. The number of fused-ring (bicyclic) bond motifs is 1. The van der Waals surface area contributed by atoms with Crippen molar-refractivity contribution in [2.24, 2.45) is 11.8 Å². The third-order valence-electron chi connectivity index (χ3n) is 5.98. The summed E-state index contributed by atoms with van der Waals surface area (Å²) in [5.41, 5.74) is 2.20.